The number of halogens is 2. The molecule has 2 aromatic carbocycles. The summed E-state index contributed by atoms with van der Waals surface area (Å²) in [5.74, 6) is 1.61. The Morgan fingerprint density at radius 2 is 2.00 bits per heavy atom. The number of aliphatic imine (C=N–C) groups is 1. The summed E-state index contributed by atoms with van der Waals surface area (Å²) >= 11 is 6.23. The maximum absolute atomic E-state index is 6.23. The van der Waals surface area contributed by atoms with Gasteiger partial charge in [0.1, 0.15) is 13.2 Å². The van der Waals surface area contributed by atoms with Crippen molar-refractivity contribution >= 4 is 47.2 Å². The van der Waals surface area contributed by atoms with Crippen molar-refractivity contribution < 1.29 is 9.47 Å². The maximum atomic E-state index is 6.23. The summed E-state index contributed by atoms with van der Waals surface area (Å²) in [5, 5.41) is 3.63. The quantitative estimate of drug-likeness (QED) is 0.396. The first kappa shape index (κ1) is 19.7. The average Bonchev–Trinajstić information content (AvgIpc) is 2.60. The van der Waals surface area contributed by atoms with E-state index in [4.69, 9.17) is 26.8 Å². The van der Waals surface area contributed by atoms with Gasteiger partial charge in [-0.2, -0.15) is 0 Å². The second-order valence-corrected chi connectivity index (χ2v) is 5.89. The number of nitrogens with two attached hydrogens (primary N) is 1. The van der Waals surface area contributed by atoms with Gasteiger partial charge in [0.25, 0.3) is 0 Å². The van der Waals surface area contributed by atoms with E-state index >= 15 is 0 Å². The summed E-state index contributed by atoms with van der Waals surface area (Å²) in [7, 11) is 0. The smallest absolute Gasteiger partial charge is 0.193 e. The lowest BCUT2D eigenvalue weighted by Crippen LogP contribution is -2.22. The van der Waals surface area contributed by atoms with Crippen LogP contribution in [0.3, 0.4) is 0 Å². The lowest BCUT2D eigenvalue weighted by molar-refractivity contribution is 0.171. The number of nitrogens with one attached hydrogen (secondary N) is 1. The minimum Gasteiger partial charge on any atom is -0.486 e. The lowest BCUT2D eigenvalue weighted by atomic mass is 10.1. The molecule has 7 heteroatoms. The van der Waals surface area contributed by atoms with Crippen molar-refractivity contribution in [3.8, 4) is 11.5 Å². The molecule has 3 N–H and O–H groups in total. The fourth-order valence-electron chi connectivity index (χ4n) is 2.49. The van der Waals surface area contributed by atoms with Crippen molar-refractivity contribution in [2.45, 2.75) is 19.9 Å². The minimum absolute atomic E-state index is 0. The summed E-state index contributed by atoms with van der Waals surface area (Å²) in [4.78, 5) is 4.36. The van der Waals surface area contributed by atoms with Crippen molar-refractivity contribution in [2.24, 2.45) is 10.7 Å². The zero-order valence-corrected chi connectivity index (χ0v) is 17.0. The molecule has 0 spiro atoms. The molecule has 3 rings (SSSR count). The van der Waals surface area contributed by atoms with E-state index in [1.807, 2.05) is 24.3 Å². The summed E-state index contributed by atoms with van der Waals surface area (Å²) in [6.45, 7) is 3.55. The molecular formula is C18H21ClIN3O2. The van der Waals surface area contributed by atoms with Gasteiger partial charge < -0.3 is 20.5 Å². The molecule has 0 bridgehead atoms. The fraction of sp³-hybridized carbons (Fsp3) is 0.278. The minimum atomic E-state index is 0. The van der Waals surface area contributed by atoms with E-state index < -0.39 is 0 Å². The predicted molar refractivity (Wildman–Crippen MR) is 113 cm³/mol. The molecule has 1 aliphatic heterocycles. The second kappa shape index (κ2) is 9.15. The molecule has 5 nitrogen and oxygen atoms in total. The van der Waals surface area contributed by atoms with Crippen LogP contribution < -0.4 is 20.5 Å². The Morgan fingerprint density at radius 3 is 2.80 bits per heavy atom. The molecule has 0 amide bonds. The summed E-state index contributed by atoms with van der Waals surface area (Å²) in [6, 6.07) is 11.8. The van der Waals surface area contributed by atoms with E-state index in [1.54, 1.807) is 0 Å². The van der Waals surface area contributed by atoms with Crippen LogP contribution in [-0.2, 0) is 13.0 Å². The molecule has 0 saturated heterocycles. The van der Waals surface area contributed by atoms with Crippen LogP contribution >= 0.6 is 35.6 Å². The molecule has 25 heavy (non-hydrogen) atoms. The molecular weight excluding hydrogens is 453 g/mol. The Bertz CT molecular complexity index is 768. The second-order valence-electron chi connectivity index (χ2n) is 5.48. The van der Waals surface area contributed by atoms with E-state index in [-0.39, 0.29) is 24.0 Å². The van der Waals surface area contributed by atoms with E-state index in [1.165, 1.54) is 5.56 Å². The van der Waals surface area contributed by atoms with Crippen LogP contribution in [0.5, 0.6) is 11.5 Å². The van der Waals surface area contributed by atoms with Gasteiger partial charge in [0.15, 0.2) is 17.5 Å². The number of fused-ring (bicyclic) bond motifs is 1. The first-order valence-electron chi connectivity index (χ1n) is 7.89. The van der Waals surface area contributed by atoms with E-state index in [0.29, 0.717) is 42.2 Å². The molecule has 1 heterocycles. The molecule has 0 atom stereocenters. The van der Waals surface area contributed by atoms with Gasteiger partial charge in [0, 0.05) is 5.69 Å². The topological polar surface area (TPSA) is 68.9 Å². The molecule has 2 aromatic rings. The fourth-order valence-corrected chi connectivity index (χ4v) is 2.78. The summed E-state index contributed by atoms with van der Waals surface area (Å²) in [6.07, 6.45) is 0.974. The lowest BCUT2D eigenvalue weighted by Gasteiger charge is -2.20. The van der Waals surface area contributed by atoms with Crippen LogP contribution in [0.15, 0.2) is 41.4 Å². The Kier molecular flexibility index (Phi) is 7.19. The molecule has 0 fully saturated rings. The highest BCUT2D eigenvalue weighted by atomic mass is 127. The zero-order valence-electron chi connectivity index (χ0n) is 13.9. The third kappa shape index (κ3) is 5.15. The van der Waals surface area contributed by atoms with Gasteiger partial charge in [-0.05, 0) is 41.8 Å². The monoisotopic (exact) mass is 473 g/mol. The molecule has 0 aliphatic carbocycles. The number of anilines is 1. The normalized spacial score (nSPS) is 13.1. The van der Waals surface area contributed by atoms with Crippen molar-refractivity contribution in [3.63, 3.8) is 0 Å². The largest absolute Gasteiger partial charge is 0.486 e. The van der Waals surface area contributed by atoms with Crippen LogP contribution in [-0.4, -0.2) is 19.2 Å². The van der Waals surface area contributed by atoms with Crippen molar-refractivity contribution in [3.05, 3.63) is 52.5 Å². The molecule has 0 radical (unpaired) electrons. The van der Waals surface area contributed by atoms with E-state index in [0.717, 1.165) is 17.7 Å². The number of ether oxygens (including phenoxy) is 2. The molecule has 0 saturated carbocycles. The summed E-state index contributed by atoms with van der Waals surface area (Å²) < 4.78 is 11.1. The van der Waals surface area contributed by atoms with Gasteiger partial charge in [-0.25, -0.2) is 4.99 Å². The number of rotatable bonds is 4. The molecule has 0 unspecified atom stereocenters. The van der Waals surface area contributed by atoms with Crippen LogP contribution in [0.4, 0.5) is 5.69 Å². The van der Waals surface area contributed by atoms with Gasteiger partial charge in [-0.3, -0.25) is 0 Å². The van der Waals surface area contributed by atoms with Crippen LogP contribution in [0.25, 0.3) is 0 Å². The van der Waals surface area contributed by atoms with Crippen molar-refractivity contribution in [2.75, 3.05) is 18.5 Å². The van der Waals surface area contributed by atoms with Gasteiger partial charge in [0.2, 0.25) is 0 Å². The summed E-state index contributed by atoms with van der Waals surface area (Å²) in [5.41, 5.74) is 9.05. The van der Waals surface area contributed by atoms with E-state index in [9.17, 15) is 0 Å². The Labute approximate surface area is 169 Å². The molecule has 134 valence electrons. The van der Waals surface area contributed by atoms with Gasteiger partial charge >= 0.3 is 0 Å². The molecule has 0 aromatic heterocycles. The number of benzene rings is 2. The Morgan fingerprint density at radius 1 is 1.20 bits per heavy atom. The van der Waals surface area contributed by atoms with Crippen molar-refractivity contribution in [1.29, 1.82) is 0 Å². The standard InChI is InChI=1S/C18H20ClN3O2.HI/c1-2-12-4-3-5-14(8-12)22-18(20)21-11-13-9-15(19)17-16(10-13)23-6-7-24-17;/h3-5,8-10H,2,6-7,11H2,1H3,(H3,20,21,22);1H. The van der Waals surface area contributed by atoms with Crippen LogP contribution in [0.1, 0.15) is 18.1 Å². The Balaban J connectivity index is 0.00000225. The maximum Gasteiger partial charge on any atom is 0.193 e. The Hall–Kier alpha value is -1.67. The highest BCUT2D eigenvalue weighted by Gasteiger charge is 2.16. The SMILES string of the molecule is CCc1cccc(NC(N)=NCc2cc(Cl)c3c(c2)OCCO3)c1.I. The number of guanidine groups is 1. The number of nitrogens with zero attached hydrogens (tertiary/aromatic N) is 1. The third-order valence-corrected chi connectivity index (χ3v) is 3.98. The van der Waals surface area contributed by atoms with E-state index in [2.05, 4.69) is 29.4 Å². The highest BCUT2D eigenvalue weighted by molar-refractivity contribution is 14.0. The first-order chi connectivity index (χ1) is 11.7. The third-order valence-electron chi connectivity index (χ3n) is 3.70. The average molecular weight is 474 g/mol. The van der Waals surface area contributed by atoms with Gasteiger partial charge in [-0.15, -0.1) is 24.0 Å². The van der Waals surface area contributed by atoms with Crippen molar-refractivity contribution in [1.82, 2.24) is 0 Å². The van der Waals surface area contributed by atoms with Crippen LogP contribution in [0.2, 0.25) is 5.02 Å². The van der Waals surface area contributed by atoms with Gasteiger partial charge in [-0.1, -0.05) is 30.7 Å². The zero-order chi connectivity index (χ0) is 16.9. The van der Waals surface area contributed by atoms with Crippen LogP contribution in [0, 0.1) is 0 Å². The van der Waals surface area contributed by atoms with Gasteiger partial charge in [0.05, 0.1) is 11.6 Å². The highest BCUT2D eigenvalue weighted by Crippen LogP contribution is 2.38. The first-order valence-corrected chi connectivity index (χ1v) is 8.27. The number of hydrogen-bond donors (Lipinski definition) is 2. The number of aryl methyl sites for hydroxylation is 1. The predicted octanol–water partition coefficient (Wildman–Crippen LogP) is 4.22. The number of hydrogen-bond acceptors (Lipinski definition) is 3. The molecule has 1 aliphatic rings.